The molecule has 0 unspecified atom stereocenters. The number of aryl methyl sites for hydroxylation is 1. The van der Waals surface area contributed by atoms with E-state index >= 15 is 0 Å². The Bertz CT molecular complexity index is 1000. The second kappa shape index (κ2) is 9.17. The van der Waals surface area contributed by atoms with Gasteiger partial charge in [0.05, 0.1) is 12.1 Å². The largest absolute Gasteiger partial charge is 0.478 e. The van der Waals surface area contributed by atoms with E-state index in [0.717, 1.165) is 28.2 Å². The van der Waals surface area contributed by atoms with Gasteiger partial charge in [0.15, 0.2) is 0 Å². The van der Waals surface area contributed by atoms with Gasteiger partial charge in [-0.1, -0.05) is 48.5 Å². The maximum absolute atomic E-state index is 13.1. The summed E-state index contributed by atoms with van der Waals surface area (Å²) in [6, 6.07) is 15.5. The first kappa shape index (κ1) is 21.0. The molecule has 1 aliphatic rings. The molecule has 0 spiro atoms. The molecule has 7 nitrogen and oxygen atoms in total. The molecule has 3 rings (SSSR count). The fourth-order valence-corrected chi connectivity index (χ4v) is 3.48. The van der Waals surface area contributed by atoms with E-state index in [2.05, 4.69) is 0 Å². The Morgan fingerprint density at radius 1 is 1.07 bits per heavy atom. The van der Waals surface area contributed by atoms with E-state index in [1.165, 1.54) is 4.90 Å². The average molecular weight is 406 g/mol. The molecule has 1 heterocycles. The first-order valence-electron chi connectivity index (χ1n) is 9.56. The van der Waals surface area contributed by atoms with Crippen molar-refractivity contribution in [2.45, 2.75) is 25.8 Å². The Balaban J connectivity index is 1.87. The van der Waals surface area contributed by atoms with Crippen LogP contribution in [0.25, 0.3) is 0 Å². The van der Waals surface area contributed by atoms with Crippen LogP contribution in [0.3, 0.4) is 0 Å². The van der Waals surface area contributed by atoms with Crippen molar-refractivity contribution in [1.29, 1.82) is 0 Å². The molecule has 3 amide bonds. The third-order valence-corrected chi connectivity index (χ3v) is 4.99. The quantitative estimate of drug-likeness (QED) is 0.563. The maximum atomic E-state index is 13.1. The third kappa shape index (κ3) is 4.63. The van der Waals surface area contributed by atoms with Gasteiger partial charge in [-0.25, -0.2) is 9.69 Å². The predicted octanol–water partition coefficient (Wildman–Crippen LogP) is 2.34. The van der Waals surface area contributed by atoms with Crippen molar-refractivity contribution < 1.29 is 24.3 Å². The van der Waals surface area contributed by atoms with Crippen molar-refractivity contribution in [3.05, 3.63) is 77.9 Å². The molecule has 7 heteroatoms. The summed E-state index contributed by atoms with van der Waals surface area (Å²) < 4.78 is 0. The molecule has 0 aliphatic carbocycles. The molecule has 1 aliphatic heterocycles. The SMILES string of the molecule is Cc1ccccc1N1C(=O)C[C@H](N(CCc2ccccc2)C(=O)/C=C\C(=O)O)C1=O. The van der Waals surface area contributed by atoms with Gasteiger partial charge in [0, 0.05) is 18.7 Å². The summed E-state index contributed by atoms with van der Waals surface area (Å²) in [4.78, 5) is 51.7. The third-order valence-electron chi connectivity index (χ3n) is 4.99. The lowest BCUT2D eigenvalue weighted by Gasteiger charge is -2.27. The topological polar surface area (TPSA) is 95.0 Å². The number of para-hydroxylation sites is 1. The number of hydrogen-bond acceptors (Lipinski definition) is 4. The van der Waals surface area contributed by atoms with E-state index in [4.69, 9.17) is 5.11 Å². The number of hydrogen-bond donors (Lipinski definition) is 1. The van der Waals surface area contributed by atoms with E-state index in [-0.39, 0.29) is 18.9 Å². The highest BCUT2D eigenvalue weighted by Gasteiger charge is 2.44. The van der Waals surface area contributed by atoms with Crippen LogP contribution < -0.4 is 4.90 Å². The van der Waals surface area contributed by atoms with Gasteiger partial charge in [0.1, 0.15) is 6.04 Å². The molecule has 1 saturated heterocycles. The van der Waals surface area contributed by atoms with Gasteiger partial charge < -0.3 is 10.0 Å². The number of nitrogens with zero attached hydrogens (tertiary/aromatic N) is 2. The van der Waals surface area contributed by atoms with Gasteiger partial charge in [0.2, 0.25) is 11.8 Å². The van der Waals surface area contributed by atoms with Crippen molar-refractivity contribution >= 4 is 29.4 Å². The number of carboxylic acid groups (broad SMARTS) is 1. The predicted molar refractivity (Wildman–Crippen MR) is 111 cm³/mol. The van der Waals surface area contributed by atoms with Gasteiger partial charge in [-0.3, -0.25) is 14.4 Å². The second-order valence-electron chi connectivity index (χ2n) is 7.01. The molecule has 2 aromatic rings. The van der Waals surface area contributed by atoms with E-state index in [9.17, 15) is 19.2 Å². The fourth-order valence-electron chi connectivity index (χ4n) is 3.48. The minimum atomic E-state index is -1.26. The van der Waals surface area contributed by atoms with Crippen LogP contribution in [0.1, 0.15) is 17.5 Å². The van der Waals surface area contributed by atoms with E-state index < -0.39 is 23.8 Å². The Morgan fingerprint density at radius 2 is 1.73 bits per heavy atom. The Kier molecular flexibility index (Phi) is 6.41. The molecule has 30 heavy (non-hydrogen) atoms. The zero-order valence-corrected chi connectivity index (χ0v) is 16.5. The first-order valence-corrected chi connectivity index (χ1v) is 9.56. The number of anilines is 1. The molecule has 1 atom stereocenters. The summed E-state index contributed by atoms with van der Waals surface area (Å²) in [5, 5.41) is 8.85. The van der Waals surface area contributed by atoms with Crippen molar-refractivity contribution in [2.24, 2.45) is 0 Å². The van der Waals surface area contributed by atoms with E-state index in [0.29, 0.717) is 12.1 Å². The van der Waals surface area contributed by atoms with Gasteiger partial charge >= 0.3 is 5.97 Å². The van der Waals surface area contributed by atoms with Gasteiger partial charge in [-0.2, -0.15) is 0 Å². The Labute approximate surface area is 174 Å². The molecule has 1 fully saturated rings. The first-order chi connectivity index (χ1) is 14.4. The van der Waals surface area contributed by atoms with Gasteiger partial charge in [-0.15, -0.1) is 0 Å². The monoisotopic (exact) mass is 406 g/mol. The van der Waals surface area contributed by atoms with Crippen LogP contribution in [-0.2, 0) is 25.6 Å². The maximum Gasteiger partial charge on any atom is 0.328 e. The summed E-state index contributed by atoms with van der Waals surface area (Å²) in [6.07, 6.45) is 1.98. The molecule has 1 N–H and O–H groups in total. The number of carbonyl (C=O) groups excluding carboxylic acids is 3. The van der Waals surface area contributed by atoms with E-state index in [1.54, 1.807) is 25.1 Å². The minimum absolute atomic E-state index is 0.144. The molecule has 154 valence electrons. The molecular weight excluding hydrogens is 384 g/mol. The molecule has 0 aromatic heterocycles. The average Bonchev–Trinajstić information content (AvgIpc) is 3.02. The second-order valence-corrected chi connectivity index (χ2v) is 7.01. The number of carboxylic acids is 1. The summed E-state index contributed by atoms with van der Waals surface area (Å²) in [7, 11) is 0. The number of rotatable bonds is 7. The molecule has 0 bridgehead atoms. The molecule has 0 radical (unpaired) electrons. The zero-order chi connectivity index (χ0) is 21.7. The smallest absolute Gasteiger partial charge is 0.328 e. The Morgan fingerprint density at radius 3 is 2.40 bits per heavy atom. The number of carbonyl (C=O) groups is 4. The minimum Gasteiger partial charge on any atom is -0.478 e. The highest BCUT2D eigenvalue weighted by molar-refractivity contribution is 6.23. The molecule has 0 saturated carbocycles. The summed E-state index contributed by atoms with van der Waals surface area (Å²) in [5.74, 6) is -2.76. The Hall–Kier alpha value is -3.74. The summed E-state index contributed by atoms with van der Waals surface area (Å²) >= 11 is 0. The number of aliphatic carboxylic acids is 1. The van der Waals surface area contributed by atoms with Crippen LogP contribution in [-0.4, -0.2) is 46.3 Å². The van der Waals surface area contributed by atoms with Gasteiger partial charge in [0.25, 0.3) is 5.91 Å². The van der Waals surface area contributed by atoms with Crippen LogP contribution in [0.5, 0.6) is 0 Å². The highest BCUT2D eigenvalue weighted by atomic mass is 16.4. The fraction of sp³-hybridized carbons (Fsp3) is 0.217. The van der Waals surface area contributed by atoms with Crippen molar-refractivity contribution in [3.63, 3.8) is 0 Å². The van der Waals surface area contributed by atoms with Crippen molar-refractivity contribution in [3.8, 4) is 0 Å². The lowest BCUT2D eigenvalue weighted by Crippen LogP contribution is -2.46. The van der Waals surface area contributed by atoms with E-state index in [1.807, 2.05) is 36.4 Å². The number of benzene rings is 2. The summed E-state index contributed by atoms with van der Waals surface area (Å²) in [5.41, 5.74) is 2.23. The van der Waals surface area contributed by atoms with Crippen molar-refractivity contribution in [1.82, 2.24) is 4.90 Å². The van der Waals surface area contributed by atoms with Crippen LogP contribution in [0.2, 0.25) is 0 Å². The normalized spacial score (nSPS) is 16.3. The lowest BCUT2D eigenvalue weighted by molar-refractivity contribution is -0.135. The summed E-state index contributed by atoms with van der Waals surface area (Å²) in [6.45, 7) is 1.98. The number of amides is 3. The van der Waals surface area contributed by atoms with Crippen LogP contribution >= 0.6 is 0 Å². The standard InChI is InChI=1S/C23H22N2O5/c1-16-7-5-6-10-18(16)25-21(27)15-19(23(25)30)24(20(26)11-12-22(28)29)14-13-17-8-3-2-4-9-17/h2-12,19H,13-15H2,1H3,(H,28,29)/b12-11-/t19-/m0/s1. The number of imide groups is 1. The van der Waals surface area contributed by atoms with Crippen molar-refractivity contribution in [2.75, 3.05) is 11.4 Å². The highest BCUT2D eigenvalue weighted by Crippen LogP contribution is 2.28. The molecular formula is C23H22N2O5. The molecule has 2 aromatic carbocycles. The van der Waals surface area contributed by atoms with Crippen LogP contribution in [0, 0.1) is 6.92 Å². The zero-order valence-electron chi connectivity index (χ0n) is 16.5. The lowest BCUT2D eigenvalue weighted by atomic mass is 10.1. The van der Waals surface area contributed by atoms with Crippen LogP contribution in [0.15, 0.2) is 66.7 Å². The van der Waals surface area contributed by atoms with Gasteiger partial charge in [-0.05, 0) is 30.5 Å². The van der Waals surface area contributed by atoms with Crippen LogP contribution in [0.4, 0.5) is 5.69 Å².